The highest BCUT2D eigenvalue weighted by Gasteiger charge is 2.25. The molecule has 0 saturated heterocycles. The molecule has 30 heavy (non-hydrogen) atoms. The number of carbonyl (C=O) groups is 2. The molecule has 2 heterocycles. The van der Waals surface area contributed by atoms with Crippen LogP contribution in [-0.4, -0.2) is 32.6 Å². The van der Waals surface area contributed by atoms with Gasteiger partial charge in [0.15, 0.2) is 5.78 Å². The number of ketones is 2. The Balaban J connectivity index is 1.55. The van der Waals surface area contributed by atoms with E-state index in [1.165, 1.54) is 6.33 Å². The second-order valence-corrected chi connectivity index (χ2v) is 8.32. The van der Waals surface area contributed by atoms with Crippen molar-refractivity contribution in [1.29, 1.82) is 0 Å². The first-order chi connectivity index (χ1) is 14.6. The summed E-state index contributed by atoms with van der Waals surface area (Å²) in [5, 5.41) is 4.62. The number of halogens is 1. The first kappa shape index (κ1) is 20.5. The van der Waals surface area contributed by atoms with E-state index >= 15 is 0 Å². The van der Waals surface area contributed by atoms with Crippen molar-refractivity contribution in [3.63, 3.8) is 0 Å². The van der Waals surface area contributed by atoms with Crippen LogP contribution in [0.25, 0.3) is 11.0 Å². The second-order valence-electron chi connectivity index (χ2n) is 7.92. The molecule has 4 rings (SSSR count). The fourth-order valence-electron chi connectivity index (χ4n) is 4.21. The third kappa shape index (κ3) is 4.24. The average molecular weight is 425 g/mol. The lowest BCUT2D eigenvalue weighted by Crippen LogP contribution is -2.27. The average Bonchev–Trinajstić information content (AvgIpc) is 3.20. The molecule has 1 aliphatic carbocycles. The first-order valence-corrected chi connectivity index (χ1v) is 10.8. The minimum absolute atomic E-state index is 0.161. The molecule has 1 aliphatic rings. The maximum absolute atomic E-state index is 13.1. The third-order valence-corrected chi connectivity index (χ3v) is 6.26. The molecule has 1 fully saturated rings. The number of aromatic amines is 1. The van der Waals surface area contributed by atoms with E-state index in [9.17, 15) is 9.59 Å². The van der Waals surface area contributed by atoms with E-state index in [2.05, 4.69) is 20.3 Å². The molecule has 1 saturated carbocycles. The molecular weight excluding hydrogens is 400 g/mol. The highest BCUT2D eigenvalue weighted by molar-refractivity contribution is 6.35. The van der Waals surface area contributed by atoms with E-state index < -0.39 is 0 Å². The number of rotatable bonds is 7. The number of hydrogen-bond acceptors (Lipinski definition) is 5. The summed E-state index contributed by atoms with van der Waals surface area (Å²) in [7, 11) is 0. The van der Waals surface area contributed by atoms with Crippen molar-refractivity contribution in [2.75, 3.05) is 5.32 Å². The summed E-state index contributed by atoms with van der Waals surface area (Å²) in [6.07, 6.45) is 8.48. The zero-order valence-corrected chi connectivity index (χ0v) is 17.7. The summed E-state index contributed by atoms with van der Waals surface area (Å²) >= 11 is 6.24. The normalized spacial score (nSPS) is 19.0. The molecule has 6 nitrogen and oxygen atoms in total. The summed E-state index contributed by atoms with van der Waals surface area (Å²) < 4.78 is 0. The van der Waals surface area contributed by atoms with Gasteiger partial charge in [-0.1, -0.05) is 30.7 Å². The standard InChI is InChI=1S/C23H25ClN4O2/c1-2-16(29)11-14-7-9-15(10-8-14)28-23-20-18(12-25-22(20)26-13-27-23)21(30)17-5-3-4-6-19(17)24/h3-6,12-15H,2,7-11H2,1H3,(H2,25,26,27,28). The van der Waals surface area contributed by atoms with Crippen LogP contribution in [0.4, 0.5) is 5.82 Å². The van der Waals surface area contributed by atoms with Gasteiger partial charge in [0.05, 0.1) is 16.0 Å². The predicted octanol–water partition coefficient (Wildman–Crippen LogP) is 5.18. The van der Waals surface area contributed by atoms with E-state index in [0.717, 1.165) is 25.7 Å². The highest BCUT2D eigenvalue weighted by atomic mass is 35.5. The van der Waals surface area contributed by atoms with Gasteiger partial charge in [-0.25, -0.2) is 9.97 Å². The number of aromatic nitrogens is 3. The highest BCUT2D eigenvalue weighted by Crippen LogP contribution is 2.32. The number of anilines is 1. The lowest BCUT2D eigenvalue weighted by molar-refractivity contribution is -0.119. The summed E-state index contributed by atoms with van der Waals surface area (Å²) in [5.41, 5.74) is 1.57. The lowest BCUT2D eigenvalue weighted by atomic mass is 9.83. The van der Waals surface area contributed by atoms with Crippen LogP contribution in [0, 0.1) is 5.92 Å². The molecule has 1 aromatic carbocycles. The van der Waals surface area contributed by atoms with E-state index in [1.807, 2.05) is 6.92 Å². The Hall–Kier alpha value is -2.73. The molecule has 2 N–H and O–H groups in total. The van der Waals surface area contributed by atoms with Crippen molar-refractivity contribution in [3.8, 4) is 0 Å². The predicted molar refractivity (Wildman–Crippen MR) is 118 cm³/mol. The lowest BCUT2D eigenvalue weighted by Gasteiger charge is -2.29. The Morgan fingerprint density at radius 2 is 1.90 bits per heavy atom. The van der Waals surface area contributed by atoms with Crippen molar-refractivity contribution in [3.05, 3.63) is 52.9 Å². The van der Waals surface area contributed by atoms with Crippen LogP contribution < -0.4 is 5.32 Å². The van der Waals surface area contributed by atoms with Crippen molar-refractivity contribution < 1.29 is 9.59 Å². The number of carbonyl (C=O) groups excluding carboxylic acids is 2. The molecule has 0 bridgehead atoms. The van der Waals surface area contributed by atoms with Crippen LogP contribution in [0.2, 0.25) is 5.02 Å². The summed E-state index contributed by atoms with van der Waals surface area (Å²) in [6.45, 7) is 1.92. The fourth-order valence-corrected chi connectivity index (χ4v) is 4.43. The number of nitrogens with zero attached hydrogens (tertiary/aromatic N) is 2. The van der Waals surface area contributed by atoms with Crippen LogP contribution in [0.1, 0.15) is 61.4 Å². The molecule has 7 heteroatoms. The first-order valence-electron chi connectivity index (χ1n) is 10.5. The van der Waals surface area contributed by atoms with E-state index in [0.29, 0.717) is 57.5 Å². The molecule has 156 valence electrons. The molecule has 0 aliphatic heterocycles. The Bertz CT molecular complexity index is 1070. The number of H-pyrrole nitrogens is 1. The number of Topliss-reactive ketones (excluding diaryl/α,β-unsaturated/α-hetero) is 1. The van der Waals surface area contributed by atoms with Gasteiger partial charge in [-0.15, -0.1) is 0 Å². The topological polar surface area (TPSA) is 87.7 Å². The van der Waals surface area contributed by atoms with Crippen LogP contribution >= 0.6 is 11.6 Å². The fraction of sp³-hybridized carbons (Fsp3) is 0.391. The van der Waals surface area contributed by atoms with Crippen LogP contribution in [-0.2, 0) is 4.79 Å². The molecule has 3 aromatic rings. The van der Waals surface area contributed by atoms with Crippen LogP contribution in [0.15, 0.2) is 36.8 Å². The minimum atomic E-state index is -0.161. The number of hydrogen-bond donors (Lipinski definition) is 2. The zero-order valence-electron chi connectivity index (χ0n) is 17.0. The van der Waals surface area contributed by atoms with Crippen molar-refractivity contribution in [1.82, 2.24) is 15.0 Å². The number of fused-ring (bicyclic) bond motifs is 1. The van der Waals surface area contributed by atoms with Gasteiger partial charge in [0, 0.05) is 30.6 Å². The largest absolute Gasteiger partial charge is 0.367 e. The minimum Gasteiger partial charge on any atom is -0.367 e. The molecular formula is C23H25ClN4O2. The molecule has 0 amide bonds. The maximum Gasteiger partial charge on any atom is 0.196 e. The molecule has 0 spiro atoms. The Labute approximate surface area is 180 Å². The van der Waals surface area contributed by atoms with E-state index in [1.54, 1.807) is 30.5 Å². The van der Waals surface area contributed by atoms with Gasteiger partial charge in [0.1, 0.15) is 23.6 Å². The van der Waals surface area contributed by atoms with Gasteiger partial charge in [-0.3, -0.25) is 9.59 Å². The molecule has 0 unspecified atom stereocenters. The van der Waals surface area contributed by atoms with Gasteiger partial charge in [0.25, 0.3) is 0 Å². The van der Waals surface area contributed by atoms with Crippen molar-refractivity contribution in [2.24, 2.45) is 5.92 Å². The van der Waals surface area contributed by atoms with Crippen LogP contribution in [0.3, 0.4) is 0 Å². The smallest absolute Gasteiger partial charge is 0.196 e. The maximum atomic E-state index is 13.1. The van der Waals surface area contributed by atoms with Gasteiger partial charge in [0.2, 0.25) is 0 Å². The number of benzene rings is 1. The Morgan fingerprint density at radius 3 is 2.63 bits per heavy atom. The van der Waals surface area contributed by atoms with E-state index in [-0.39, 0.29) is 11.8 Å². The van der Waals surface area contributed by atoms with E-state index in [4.69, 9.17) is 11.6 Å². The van der Waals surface area contributed by atoms with Gasteiger partial charge in [-0.2, -0.15) is 0 Å². The number of nitrogens with one attached hydrogen (secondary N) is 2. The second kappa shape index (κ2) is 8.96. The summed E-state index contributed by atoms with van der Waals surface area (Å²) in [5.74, 6) is 1.32. The van der Waals surface area contributed by atoms with Gasteiger partial charge in [-0.05, 0) is 43.7 Å². The van der Waals surface area contributed by atoms with Crippen molar-refractivity contribution >= 4 is 40.0 Å². The molecule has 0 atom stereocenters. The zero-order chi connectivity index (χ0) is 21.1. The van der Waals surface area contributed by atoms with Gasteiger partial charge >= 0.3 is 0 Å². The van der Waals surface area contributed by atoms with Crippen molar-refractivity contribution in [2.45, 2.75) is 51.5 Å². The quantitative estimate of drug-likeness (QED) is 0.510. The molecule has 2 aromatic heterocycles. The SMILES string of the molecule is CCC(=O)CC1CCC(Nc2ncnc3[nH]cc(C(=O)c4ccccc4Cl)c23)CC1. The monoisotopic (exact) mass is 424 g/mol. The van der Waals surface area contributed by atoms with Crippen LogP contribution in [0.5, 0.6) is 0 Å². The molecule has 0 radical (unpaired) electrons. The summed E-state index contributed by atoms with van der Waals surface area (Å²) in [6, 6.07) is 7.29. The summed E-state index contributed by atoms with van der Waals surface area (Å²) in [4.78, 5) is 36.7. The third-order valence-electron chi connectivity index (χ3n) is 5.93. The van der Waals surface area contributed by atoms with Gasteiger partial charge < -0.3 is 10.3 Å². The Kier molecular flexibility index (Phi) is 6.13. The Morgan fingerprint density at radius 1 is 1.13 bits per heavy atom.